The van der Waals surface area contributed by atoms with Crippen molar-refractivity contribution in [3.63, 3.8) is 0 Å². The second-order valence-electron chi connectivity index (χ2n) is 5.27. The fourth-order valence-electron chi connectivity index (χ4n) is 2.01. The van der Waals surface area contributed by atoms with E-state index in [0.29, 0.717) is 5.82 Å². The van der Waals surface area contributed by atoms with E-state index in [9.17, 15) is 23.1 Å². The van der Waals surface area contributed by atoms with Gasteiger partial charge in [-0.1, -0.05) is 12.1 Å². The molecule has 2 rings (SSSR count). The van der Waals surface area contributed by atoms with Gasteiger partial charge in [-0.3, -0.25) is 10.00 Å². The largest absolute Gasteiger partial charge is 0.416 e. The lowest BCUT2D eigenvalue weighted by molar-refractivity contribution is -0.137. The molecule has 3 N–H and O–H groups in total. The molecule has 0 spiro atoms. The summed E-state index contributed by atoms with van der Waals surface area (Å²) in [4.78, 5) is 11.7. The van der Waals surface area contributed by atoms with E-state index in [4.69, 9.17) is 0 Å². The second-order valence-corrected chi connectivity index (χ2v) is 5.27. The number of hydrogen-bond donors (Lipinski definition) is 3. The number of alkyl halides is 3. The molecule has 2 amide bonds. The fourth-order valence-corrected chi connectivity index (χ4v) is 2.01. The maximum Gasteiger partial charge on any atom is 0.416 e. The van der Waals surface area contributed by atoms with Crippen LogP contribution in [0.5, 0.6) is 0 Å². The molecule has 2 aromatic rings. The third kappa shape index (κ3) is 4.48. The van der Waals surface area contributed by atoms with Crippen molar-refractivity contribution in [1.29, 1.82) is 0 Å². The van der Waals surface area contributed by atoms with Crippen molar-refractivity contribution in [2.75, 3.05) is 11.9 Å². The second kappa shape index (κ2) is 6.91. The highest BCUT2D eigenvalue weighted by Gasteiger charge is 2.30. The van der Waals surface area contributed by atoms with E-state index in [0.717, 1.165) is 17.8 Å². The molecule has 130 valence electrons. The Morgan fingerprint density at radius 1 is 1.38 bits per heavy atom. The molecular formula is C15H17F3N4O2. The fraction of sp³-hybridized carbons (Fsp3) is 0.333. The number of halogens is 3. The predicted molar refractivity (Wildman–Crippen MR) is 81.4 cm³/mol. The number of aliphatic hydroxyl groups is 1. The highest BCUT2D eigenvalue weighted by atomic mass is 19.4. The number of carbonyl (C=O) groups is 1. The van der Waals surface area contributed by atoms with E-state index < -0.39 is 23.9 Å². The van der Waals surface area contributed by atoms with Crippen LogP contribution in [0.4, 0.5) is 23.8 Å². The molecule has 1 unspecified atom stereocenters. The van der Waals surface area contributed by atoms with Crippen LogP contribution in [0, 0.1) is 6.92 Å². The van der Waals surface area contributed by atoms with Gasteiger partial charge in [-0.05, 0) is 24.6 Å². The third-order valence-corrected chi connectivity index (χ3v) is 3.41. The van der Waals surface area contributed by atoms with Crippen molar-refractivity contribution < 1.29 is 23.1 Å². The van der Waals surface area contributed by atoms with E-state index in [1.807, 2.05) is 6.92 Å². The lowest BCUT2D eigenvalue weighted by atomic mass is 10.1. The third-order valence-electron chi connectivity index (χ3n) is 3.41. The van der Waals surface area contributed by atoms with Crippen LogP contribution in [-0.2, 0) is 13.2 Å². The Morgan fingerprint density at radius 3 is 2.67 bits per heavy atom. The van der Waals surface area contributed by atoms with Crippen LogP contribution in [0.25, 0.3) is 0 Å². The quantitative estimate of drug-likeness (QED) is 0.799. The van der Waals surface area contributed by atoms with Gasteiger partial charge >= 0.3 is 12.2 Å². The summed E-state index contributed by atoms with van der Waals surface area (Å²) in [6.07, 6.45) is -5.75. The minimum Gasteiger partial charge on any atom is -0.387 e. The molecule has 1 aromatic heterocycles. The van der Waals surface area contributed by atoms with Crippen LogP contribution in [0.15, 0.2) is 30.3 Å². The van der Waals surface area contributed by atoms with Crippen LogP contribution >= 0.6 is 0 Å². The maximum absolute atomic E-state index is 12.7. The van der Waals surface area contributed by atoms with Crippen molar-refractivity contribution in [1.82, 2.24) is 15.1 Å². The molecule has 0 radical (unpaired) electrons. The van der Waals surface area contributed by atoms with Gasteiger partial charge in [0.1, 0.15) is 0 Å². The number of nitrogens with zero attached hydrogens (tertiary/aromatic N) is 2. The summed E-state index contributed by atoms with van der Waals surface area (Å²) < 4.78 is 39.5. The van der Waals surface area contributed by atoms with Crippen LogP contribution in [0.3, 0.4) is 0 Å². The standard InChI is InChI=1S/C15H17F3N4O2/c1-9-6-13(21-22(9)2)20-14(24)19-8-12(23)10-4-3-5-11(7-10)15(16,17)18/h3-7,12,23H,8H2,1-2H3,(H2,19,20,21,24). The smallest absolute Gasteiger partial charge is 0.387 e. The van der Waals surface area contributed by atoms with Crippen LogP contribution < -0.4 is 10.6 Å². The summed E-state index contributed by atoms with van der Waals surface area (Å²) in [7, 11) is 1.72. The molecule has 0 saturated carbocycles. The molecule has 0 aliphatic rings. The molecule has 0 aliphatic carbocycles. The number of aliphatic hydroxyl groups excluding tert-OH is 1. The van der Waals surface area contributed by atoms with Gasteiger partial charge < -0.3 is 10.4 Å². The molecule has 1 heterocycles. The van der Waals surface area contributed by atoms with Gasteiger partial charge in [0, 0.05) is 25.4 Å². The molecule has 0 bridgehead atoms. The zero-order valence-electron chi connectivity index (χ0n) is 13.1. The minimum atomic E-state index is -4.49. The average Bonchev–Trinajstić information content (AvgIpc) is 2.82. The molecule has 9 heteroatoms. The number of rotatable bonds is 4. The number of urea groups is 1. The zero-order valence-corrected chi connectivity index (χ0v) is 13.1. The first-order valence-corrected chi connectivity index (χ1v) is 7.07. The van der Waals surface area contributed by atoms with E-state index in [1.54, 1.807) is 17.8 Å². The first-order valence-electron chi connectivity index (χ1n) is 7.07. The summed E-state index contributed by atoms with van der Waals surface area (Å²) >= 11 is 0. The monoisotopic (exact) mass is 342 g/mol. The van der Waals surface area contributed by atoms with Crippen molar-refractivity contribution in [2.24, 2.45) is 7.05 Å². The molecule has 1 atom stereocenters. The Hall–Kier alpha value is -2.55. The van der Waals surface area contributed by atoms with Crippen molar-refractivity contribution >= 4 is 11.8 Å². The Labute approximate surface area is 136 Å². The Morgan fingerprint density at radius 2 is 2.08 bits per heavy atom. The Balaban J connectivity index is 1.93. The first kappa shape index (κ1) is 17.8. The first-order chi connectivity index (χ1) is 11.2. The van der Waals surface area contributed by atoms with Crippen LogP contribution in [-0.4, -0.2) is 27.5 Å². The molecule has 0 aliphatic heterocycles. The Kier molecular flexibility index (Phi) is 5.13. The van der Waals surface area contributed by atoms with Gasteiger partial charge in [0.05, 0.1) is 11.7 Å². The predicted octanol–water partition coefficient (Wildman–Crippen LogP) is 2.60. The number of carbonyl (C=O) groups excluding carboxylic acids is 1. The van der Waals surface area contributed by atoms with Gasteiger partial charge in [-0.2, -0.15) is 18.3 Å². The molecule has 1 aromatic carbocycles. The minimum absolute atomic E-state index is 0.0683. The van der Waals surface area contributed by atoms with Gasteiger partial charge in [0.15, 0.2) is 5.82 Å². The maximum atomic E-state index is 12.7. The number of aryl methyl sites for hydroxylation is 2. The summed E-state index contributed by atoms with van der Waals surface area (Å²) in [5, 5.41) is 18.8. The SMILES string of the molecule is Cc1cc(NC(=O)NCC(O)c2cccc(C(F)(F)F)c2)nn1C. The highest BCUT2D eigenvalue weighted by Crippen LogP contribution is 2.30. The normalized spacial score (nSPS) is 12.8. The molecule has 6 nitrogen and oxygen atoms in total. The summed E-state index contributed by atoms with van der Waals surface area (Å²) in [6, 6.07) is 5.38. The van der Waals surface area contributed by atoms with E-state index in [1.165, 1.54) is 12.1 Å². The van der Waals surface area contributed by atoms with Crippen molar-refractivity contribution in [2.45, 2.75) is 19.2 Å². The summed E-state index contributed by atoms with van der Waals surface area (Å²) in [6.45, 7) is 1.58. The topological polar surface area (TPSA) is 79.2 Å². The van der Waals surface area contributed by atoms with Crippen molar-refractivity contribution in [3.8, 4) is 0 Å². The van der Waals surface area contributed by atoms with Crippen LogP contribution in [0.2, 0.25) is 0 Å². The number of hydrogen-bond acceptors (Lipinski definition) is 3. The zero-order chi connectivity index (χ0) is 17.9. The number of anilines is 1. The highest BCUT2D eigenvalue weighted by molar-refractivity contribution is 5.88. The van der Waals surface area contributed by atoms with Gasteiger partial charge in [-0.15, -0.1) is 0 Å². The molecule has 0 fully saturated rings. The molecule has 24 heavy (non-hydrogen) atoms. The summed E-state index contributed by atoms with van der Waals surface area (Å²) in [5.74, 6) is 0.334. The number of amides is 2. The van der Waals surface area contributed by atoms with Crippen molar-refractivity contribution in [3.05, 3.63) is 47.2 Å². The van der Waals surface area contributed by atoms with Crippen LogP contribution in [0.1, 0.15) is 22.9 Å². The number of benzene rings is 1. The van der Waals surface area contributed by atoms with Gasteiger partial charge in [0.25, 0.3) is 0 Å². The Bertz CT molecular complexity index is 708. The number of aromatic nitrogens is 2. The van der Waals surface area contributed by atoms with E-state index in [2.05, 4.69) is 15.7 Å². The van der Waals surface area contributed by atoms with E-state index >= 15 is 0 Å². The molecule has 0 saturated heterocycles. The average molecular weight is 342 g/mol. The summed E-state index contributed by atoms with van der Waals surface area (Å²) in [5.41, 5.74) is 0.0561. The lowest BCUT2D eigenvalue weighted by Crippen LogP contribution is -2.32. The number of nitrogens with one attached hydrogen (secondary N) is 2. The van der Waals surface area contributed by atoms with E-state index in [-0.39, 0.29) is 12.1 Å². The van der Waals surface area contributed by atoms with Gasteiger partial charge in [-0.25, -0.2) is 4.79 Å². The molecular weight excluding hydrogens is 325 g/mol. The van der Waals surface area contributed by atoms with Gasteiger partial charge in [0.2, 0.25) is 0 Å². The lowest BCUT2D eigenvalue weighted by Gasteiger charge is -2.14.